The van der Waals surface area contributed by atoms with Gasteiger partial charge in [0.15, 0.2) is 0 Å². The van der Waals surface area contributed by atoms with E-state index in [4.69, 9.17) is 4.74 Å². The molecule has 0 radical (unpaired) electrons. The van der Waals surface area contributed by atoms with E-state index in [1.165, 1.54) is 10.9 Å². The first-order valence-corrected chi connectivity index (χ1v) is 9.97. The number of hydrogen-bond donors (Lipinski definition) is 1. The maximum atomic E-state index is 12.6. The molecule has 0 spiro atoms. The Kier molecular flexibility index (Phi) is 6.65. The van der Waals surface area contributed by atoms with Crippen LogP contribution in [0.5, 0.6) is 5.75 Å². The second-order valence-electron chi connectivity index (χ2n) is 7.19. The average Bonchev–Trinajstić information content (AvgIpc) is 2.70. The number of amides is 1. The van der Waals surface area contributed by atoms with Gasteiger partial charge in [-0.1, -0.05) is 25.5 Å². The van der Waals surface area contributed by atoms with E-state index in [2.05, 4.69) is 17.2 Å². The molecule has 0 atom stereocenters. The zero-order chi connectivity index (χ0) is 20.8. The maximum absolute atomic E-state index is 12.6. The molecular weight excluding hydrogens is 366 g/mol. The van der Waals surface area contributed by atoms with Crippen LogP contribution in [0.15, 0.2) is 47.5 Å². The van der Waals surface area contributed by atoms with Crippen molar-refractivity contribution in [3.63, 3.8) is 0 Å². The molecule has 0 saturated heterocycles. The lowest BCUT2D eigenvalue weighted by molar-refractivity contribution is -0.116. The van der Waals surface area contributed by atoms with Crippen LogP contribution in [0.3, 0.4) is 0 Å². The minimum absolute atomic E-state index is 0.128. The van der Waals surface area contributed by atoms with Crippen LogP contribution in [0.2, 0.25) is 0 Å². The van der Waals surface area contributed by atoms with Crippen molar-refractivity contribution in [2.24, 2.45) is 0 Å². The van der Waals surface area contributed by atoms with Crippen molar-refractivity contribution in [3.05, 3.63) is 64.2 Å². The van der Waals surface area contributed by atoms with Crippen LogP contribution in [0.4, 0.5) is 5.69 Å². The van der Waals surface area contributed by atoms with Crippen LogP contribution in [-0.4, -0.2) is 22.1 Å². The Morgan fingerprint density at radius 2 is 2.00 bits per heavy atom. The van der Waals surface area contributed by atoms with Gasteiger partial charge in [0.25, 0.3) is 5.56 Å². The number of ether oxygens (including phenoxy) is 1. The summed E-state index contributed by atoms with van der Waals surface area (Å²) in [5.41, 5.74) is 3.22. The lowest BCUT2D eigenvalue weighted by atomic mass is 10.1. The molecule has 1 N–H and O–H groups in total. The average molecular weight is 393 g/mol. The molecule has 1 aromatic heterocycles. The Bertz CT molecular complexity index is 1070. The number of fused-ring (bicyclic) bond motifs is 1. The Morgan fingerprint density at radius 3 is 2.76 bits per heavy atom. The number of para-hydroxylation sites is 1. The first-order valence-electron chi connectivity index (χ1n) is 9.97. The monoisotopic (exact) mass is 393 g/mol. The number of carbonyl (C=O) groups is 1. The van der Waals surface area contributed by atoms with Gasteiger partial charge in [0.05, 0.1) is 23.8 Å². The van der Waals surface area contributed by atoms with Gasteiger partial charge in [0, 0.05) is 18.7 Å². The first kappa shape index (κ1) is 20.6. The van der Waals surface area contributed by atoms with Gasteiger partial charge in [0.2, 0.25) is 5.91 Å². The molecule has 0 aliphatic heterocycles. The molecule has 0 saturated carbocycles. The summed E-state index contributed by atoms with van der Waals surface area (Å²) in [6.07, 6.45) is 3.80. The summed E-state index contributed by atoms with van der Waals surface area (Å²) in [6.45, 7) is 6.95. The van der Waals surface area contributed by atoms with Crippen LogP contribution in [0.1, 0.15) is 37.3 Å². The summed E-state index contributed by atoms with van der Waals surface area (Å²) in [6, 6.07) is 11.2. The van der Waals surface area contributed by atoms with Crippen molar-refractivity contribution in [1.29, 1.82) is 0 Å². The van der Waals surface area contributed by atoms with E-state index in [9.17, 15) is 9.59 Å². The molecule has 0 bridgehead atoms. The first-order chi connectivity index (χ1) is 14.0. The molecule has 152 valence electrons. The molecule has 0 fully saturated rings. The lowest BCUT2D eigenvalue weighted by Crippen LogP contribution is -2.24. The van der Waals surface area contributed by atoms with Crippen LogP contribution < -0.4 is 15.6 Å². The quantitative estimate of drug-likeness (QED) is 0.582. The number of aryl methyl sites for hydroxylation is 3. The predicted molar refractivity (Wildman–Crippen MR) is 116 cm³/mol. The molecule has 1 heterocycles. The van der Waals surface area contributed by atoms with Crippen LogP contribution in [0, 0.1) is 13.8 Å². The molecule has 0 aliphatic carbocycles. The summed E-state index contributed by atoms with van der Waals surface area (Å²) < 4.78 is 7.18. The summed E-state index contributed by atoms with van der Waals surface area (Å²) in [7, 11) is 0. The minimum Gasteiger partial charge on any atom is -0.494 e. The zero-order valence-corrected chi connectivity index (χ0v) is 17.2. The molecule has 6 heteroatoms. The number of nitrogens with one attached hydrogen (secondary N) is 1. The SMILES string of the molecule is CCCCOc1ccc(NC(=O)CCn2cnc3c(C)cccc3c2=O)c(C)c1. The van der Waals surface area contributed by atoms with Gasteiger partial charge in [-0.3, -0.25) is 14.2 Å². The van der Waals surface area contributed by atoms with Gasteiger partial charge in [-0.25, -0.2) is 4.98 Å². The largest absolute Gasteiger partial charge is 0.494 e. The fourth-order valence-corrected chi connectivity index (χ4v) is 3.13. The number of carbonyl (C=O) groups excluding carboxylic acids is 1. The second-order valence-corrected chi connectivity index (χ2v) is 7.19. The van der Waals surface area contributed by atoms with Gasteiger partial charge in [-0.05, 0) is 55.7 Å². The minimum atomic E-state index is -0.149. The normalized spacial score (nSPS) is 10.9. The highest BCUT2D eigenvalue weighted by molar-refractivity contribution is 5.91. The van der Waals surface area contributed by atoms with E-state index < -0.39 is 0 Å². The van der Waals surface area contributed by atoms with Crippen molar-refractivity contribution < 1.29 is 9.53 Å². The van der Waals surface area contributed by atoms with Crippen molar-refractivity contribution in [2.75, 3.05) is 11.9 Å². The van der Waals surface area contributed by atoms with Gasteiger partial charge in [-0.2, -0.15) is 0 Å². The topological polar surface area (TPSA) is 73.2 Å². The molecule has 6 nitrogen and oxygen atoms in total. The van der Waals surface area contributed by atoms with E-state index in [1.807, 2.05) is 44.2 Å². The smallest absolute Gasteiger partial charge is 0.261 e. The molecular formula is C23H27N3O3. The third kappa shape index (κ3) is 5.02. The number of anilines is 1. The predicted octanol–water partition coefficient (Wildman–Crippen LogP) is 4.22. The molecule has 3 rings (SSSR count). The highest BCUT2D eigenvalue weighted by Gasteiger charge is 2.09. The maximum Gasteiger partial charge on any atom is 0.261 e. The number of hydrogen-bond acceptors (Lipinski definition) is 4. The van der Waals surface area contributed by atoms with Crippen molar-refractivity contribution in [3.8, 4) is 5.75 Å². The third-order valence-corrected chi connectivity index (χ3v) is 4.87. The van der Waals surface area contributed by atoms with E-state index in [0.29, 0.717) is 17.5 Å². The lowest BCUT2D eigenvalue weighted by Gasteiger charge is -2.12. The van der Waals surface area contributed by atoms with E-state index in [1.54, 1.807) is 6.07 Å². The van der Waals surface area contributed by atoms with Gasteiger partial charge in [0.1, 0.15) is 5.75 Å². The zero-order valence-electron chi connectivity index (χ0n) is 17.2. The van der Waals surface area contributed by atoms with E-state index in [-0.39, 0.29) is 24.4 Å². The summed E-state index contributed by atoms with van der Waals surface area (Å²) >= 11 is 0. The Hall–Kier alpha value is -3.15. The van der Waals surface area contributed by atoms with Crippen molar-refractivity contribution in [1.82, 2.24) is 9.55 Å². The Morgan fingerprint density at radius 1 is 1.17 bits per heavy atom. The standard InChI is InChI=1S/C23H27N3O3/c1-4-5-13-29-18-9-10-20(17(3)14-18)25-21(27)11-12-26-15-24-22-16(2)7-6-8-19(22)23(26)28/h6-10,14-15H,4-5,11-13H2,1-3H3,(H,25,27). The number of rotatable bonds is 8. The van der Waals surface area contributed by atoms with Crippen molar-refractivity contribution >= 4 is 22.5 Å². The van der Waals surface area contributed by atoms with Crippen molar-refractivity contribution in [2.45, 2.75) is 46.6 Å². The summed E-state index contributed by atoms with van der Waals surface area (Å²) in [5.74, 6) is 0.655. The highest BCUT2D eigenvalue weighted by Crippen LogP contribution is 2.22. The van der Waals surface area contributed by atoms with Gasteiger partial charge < -0.3 is 10.1 Å². The number of unbranched alkanes of at least 4 members (excludes halogenated alkanes) is 1. The Balaban J connectivity index is 1.62. The fourth-order valence-electron chi connectivity index (χ4n) is 3.13. The number of nitrogens with zero attached hydrogens (tertiary/aromatic N) is 2. The van der Waals surface area contributed by atoms with Crippen LogP contribution in [0.25, 0.3) is 10.9 Å². The van der Waals surface area contributed by atoms with Crippen LogP contribution in [-0.2, 0) is 11.3 Å². The highest BCUT2D eigenvalue weighted by atomic mass is 16.5. The van der Waals surface area contributed by atoms with E-state index >= 15 is 0 Å². The number of aromatic nitrogens is 2. The fraction of sp³-hybridized carbons (Fsp3) is 0.348. The summed E-state index contributed by atoms with van der Waals surface area (Å²) in [4.78, 5) is 29.4. The molecule has 3 aromatic rings. The van der Waals surface area contributed by atoms with Gasteiger partial charge in [-0.15, -0.1) is 0 Å². The summed E-state index contributed by atoms with van der Waals surface area (Å²) in [5, 5.41) is 3.48. The number of benzene rings is 2. The second kappa shape index (κ2) is 9.37. The molecule has 0 aliphatic rings. The van der Waals surface area contributed by atoms with E-state index in [0.717, 1.165) is 35.4 Å². The molecule has 2 aromatic carbocycles. The van der Waals surface area contributed by atoms with Gasteiger partial charge >= 0.3 is 0 Å². The van der Waals surface area contributed by atoms with Crippen LogP contribution >= 0.6 is 0 Å². The molecule has 1 amide bonds. The third-order valence-electron chi connectivity index (χ3n) is 4.87. The Labute approximate surface area is 170 Å². The molecule has 29 heavy (non-hydrogen) atoms. The molecule has 0 unspecified atom stereocenters.